The zero-order valence-corrected chi connectivity index (χ0v) is 17.4. The highest BCUT2D eigenvalue weighted by molar-refractivity contribution is 5.98. The summed E-state index contributed by atoms with van der Waals surface area (Å²) in [6.45, 7) is 1.00. The first-order valence-electron chi connectivity index (χ1n) is 9.86. The van der Waals surface area contributed by atoms with E-state index in [1.807, 2.05) is 49.6 Å². The highest BCUT2D eigenvalue weighted by atomic mass is 16.5. The fraction of sp³-hybridized carbons (Fsp3) is 0.227. The van der Waals surface area contributed by atoms with Gasteiger partial charge in [-0.2, -0.15) is 5.10 Å². The van der Waals surface area contributed by atoms with Crippen LogP contribution in [0.1, 0.15) is 16.9 Å². The Hall–Kier alpha value is -3.85. The predicted octanol–water partition coefficient (Wildman–Crippen LogP) is 2.44. The zero-order chi connectivity index (χ0) is 21.8. The number of carbonyl (C=O) groups excluding carboxylic acids is 1. The molecule has 9 heteroatoms. The molecule has 3 heterocycles. The van der Waals surface area contributed by atoms with Gasteiger partial charge in [-0.25, -0.2) is 9.97 Å². The normalized spacial score (nSPS) is 11.0. The quantitative estimate of drug-likeness (QED) is 0.443. The molecule has 1 amide bonds. The number of nitrogens with two attached hydrogens (primary N) is 1. The van der Waals surface area contributed by atoms with E-state index in [0.717, 1.165) is 16.5 Å². The number of hydrogen-bond acceptors (Lipinski definition) is 7. The van der Waals surface area contributed by atoms with Crippen LogP contribution >= 0.6 is 0 Å². The Morgan fingerprint density at radius 2 is 2.06 bits per heavy atom. The minimum atomic E-state index is -0.377. The predicted molar refractivity (Wildman–Crippen MR) is 118 cm³/mol. The summed E-state index contributed by atoms with van der Waals surface area (Å²) in [4.78, 5) is 26.2. The number of nitrogens with one attached hydrogen (secondary N) is 1. The second kappa shape index (κ2) is 8.88. The van der Waals surface area contributed by atoms with E-state index in [0.29, 0.717) is 36.7 Å². The third-order valence-electron chi connectivity index (χ3n) is 4.78. The molecule has 0 fully saturated rings. The van der Waals surface area contributed by atoms with E-state index in [1.165, 1.54) is 0 Å². The lowest BCUT2D eigenvalue weighted by Gasteiger charge is -2.12. The number of amides is 1. The average molecular weight is 417 g/mol. The van der Waals surface area contributed by atoms with Crippen LogP contribution in [0.4, 0.5) is 5.82 Å². The van der Waals surface area contributed by atoms with Crippen LogP contribution in [0.25, 0.3) is 33.5 Å². The van der Waals surface area contributed by atoms with E-state index in [1.54, 1.807) is 18.0 Å². The molecule has 0 bridgehead atoms. The van der Waals surface area contributed by atoms with Gasteiger partial charge in [-0.15, -0.1) is 0 Å². The molecule has 9 nitrogen and oxygen atoms in total. The average Bonchev–Trinajstić information content (AvgIpc) is 3.22. The van der Waals surface area contributed by atoms with Gasteiger partial charge in [0.2, 0.25) is 0 Å². The van der Waals surface area contributed by atoms with Gasteiger partial charge in [0.15, 0.2) is 11.5 Å². The third-order valence-corrected chi connectivity index (χ3v) is 4.78. The van der Waals surface area contributed by atoms with Gasteiger partial charge in [0, 0.05) is 50.7 Å². The number of carbonyl (C=O) groups is 1. The van der Waals surface area contributed by atoms with Crippen LogP contribution in [0.2, 0.25) is 0 Å². The number of hydrogen-bond donors (Lipinski definition) is 2. The summed E-state index contributed by atoms with van der Waals surface area (Å²) in [5.41, 5.74) is 9.53. The molecule has 0 radical (unpaired) electrons. The number of pyridine rings is 1. The number of rotatable bonds is 7. The first-order valence-corrected chi connectivity index (χ1v) is 9.86. The zero-order valence-electron chi connectivity index (χ0n) is 17.4. The van der Waals surface area contributed by atoms with E-state index in [2.05, 4.69) is 25.4 Å². The number of nitrogens with zero attached hydrogens (tertiary/aromatic N) is 5. The van der Waals surface area contributed by atoms with Gasteiger partial charge in [-0.1, -0.05) is 12.1 Å². The topological polar surface area (TPSA) is 121 Å². The summed E-state index contributed by atoms with van der Waals surface area (Å²) in [6, 6.07) is 11.5. The molecule has 0 saturated carbocycles. The van der Waals surface area contributed by atoms with E-state index >= 15 is 0 Å². The van der Waals surface area contributed by atoms with Crippen molar-refractivity contribution in [1.29, 1.82) is 0 Å². The fourth-order valence-electron chi connectivity index (χ4n) is 3.26. The summed E-state index contributed by atoms with van der Waals surface area (Å²) in [7, 11) is 3.44. The molecule has 158 valence electrons. The van der Waals surface area contributed by atoms with E-state index in [-0.39, 0.29) is 17.4 Å². The van der Waals surface area contributed by atoms with Gasteiger partial charge < -0.3 is 15.8 Å². The Morgan fingerprint density at radius 1 is 1.19 bits per heavy atom. The lowest BCUT2D eigenvalue weighted by Crippen LogP contribution is -2.27. The number of aromatic nitrogens is 5. The smallest absolute Gasteiger partial charge is 0.273 e. The Labute approximate surface area is 179 Å². The summed E-state index contributed by atoms with van der Waals surface area (Å²) in [5.74, 6) is -0.325. The van der Waals surface area contributed by atoms with Crippen molar-refractivity contribution in [2.24, 2.45) is 7.05 Å². The highest BCUT2D eigenvalue weighted by Crippen LogP contribution is 2.31. The van der Waals surface area contributed by atoms with E-state index < -0.39 is 0 Å². The summed E-state index contributed by atoms with van der Waals surface area (Å²) >= 11 is 0. The molecular weight excluding hydrogens is 394 g/mol. The van der Waals surface area contributed by atoms with Crippen molar-refractivity contribution < 1.29 is 9.53 Å². The van der Waals surface area contributed by atoms with Gasteiger partial charge >= 0.3 is 0 Å². The maximum absolute atomic E-state index is 12.7. The molecule has 4 aromatic rings. The number of methoxy groups -OCH3 is 1. The van der Waals surface area contributed by atoms with Crippen molar-refractivity contribution in [2.45, 2.75) is 6.42 Å². The summed E-state index contributed by atoms with van der Waals surface area (Å²) < 4.78 is 6.69. The van der Waals surface area contributed by atoms with E-state index in [4.69, 9.17) is 10.5 Å². The number of fused-ring (bicyclic) bond motifs is 1. The minimum absolute atomic E-state index is 0.0519. The van der Waals surface area contributed by atoms with Crippen LogP contribution in [0.15, 0.2) is 48.8 Å². The first kappa shape index (κ1) is 20.4. The standard InChI is InChI=1S/C22H23N7O2/c1-29-11-8-17(28-29)19-18(15-6-7-16-14(13-15)5-3-9-24-16)26-20(21(23)27-19)22(30)25-10-4-12-31-2/h3,5-9,11,13H,4,10,12H2,1-2H3,(H2,23,27)(H,25,30). The van der Waals surface area contributed by atoms with Crippen molar-refractivity contribution in [3.8, 4) is 22.6 Å². The maximum atomic E-state index is 12.7. The highest BCUT2D eigenvalue weighted by Gasteiger charge is 2.21. The molecule has 0 atom stereocenters. The first-order chi connectivity index (χ1) is 15.1. The molecule has 31 heavy (non-hydrogen) atoms. The van der Waals surface area contributed by atoms with Crippen molar-refractivity contribution >= 4 is 22.6 Å². The molecule has 0 aliphatic carbocycles. The van der Waals surface area contributed by atoms with Crippen LogP contribution < -0.4 is 11.1 Å². The van der Waals surface area contributed by atoms with Crippen molar-refractivity contribution in [1.82, 2.24) is 30.0 Å². The van der Waals surface area contributed by atoms with Crippen molar-refractivity contribution in [3.63, 3.8) is 0 Å². The summed E-state index contributed by atoms with van der Waals surface area (Å²) in [6.07, 6.45) is 4.25. The molecule has 4 rings (SSSR count). The number of aryl methyl sites for hydroxylation is 1. The lowest BCUT2D eigenvalue weighted by atomic mass is 10.0. The molecule has 1 aromatic carbocycles. The Bertz CT molecular complexity index is 1240. The number of benzene rings is 1. The van der Waals surface area contributed by atoms with Crippen LogP contribution in [0, 0.1) is 0 Å². The molecular formula is C22H23N7O2. The number of anilines is 1. The van der Waals surface area contributed by atoms with Crippen LogP contribution in [0.3, 0.4) is 0 Å². The molecule has 0 aliphatic heterocycles. The van der Waals surface area contributed by atoms with Gasteiger partial charge in [-0.05, 0) is 30.7 Å². The lowest BCUT2D eigenvalue weighted by molar-refractivity contribution is 0.0944. The SMILES string of the molecule is COCCCNC(=O)c1nc(-c2ccc3ncccc3c2)c(-c2ccn(C)n2)nc1N. The molecule has 0 spiro atoms. The molecule has 0 saturated heterocycles. The van der Waals surface area contributed by atoms with Gasteiger partial charge in [-0.3, -0.25) is 14.5 Å². The van der Waals surface area contributed by atoms with Crippen molar-refractivity contribution in [3.05, 3.63) is 54.5 Å². The maximum Gasteiger partial charge on any atom is 0.273 e. The molecule has 0 unspecified atom stereocenters. The van der Waals surface area contributed by atoms with Gasteiger partial charge in [0.1, 0.15) is 11.4 Å². The number of nitrogen functional groups attached to an aromatic ring is 1. The Kier molecular flexibility index (Phi) is 5.85. The Balaban J connectivity index is 1.80. The molecule has 3 N–H and O–H groups in total. The minimum Gasteiger partial charge on any atom is -0.385 e. The second-order valence-corrected chi connectivity index (χ2v) is 7.04. The Morgan fingerprint density at radius 3 is 2.84 bits per heavy atom. The monoisotopic (exact) mass is 417 g/mol. The summed E-state index contributed by atoms with van der Waals surface area (Å²) in [5, 5.41) is 8.22. The van der Waals surface area contributed by atoms with E-state index in [9.17, 15) is 4.79 Å². The van der Waals surface area contributed by atoms with Gasteiger partial charge in [0.05, 0.1) is 11.2 Å². The number of ether oxygens (including phenoxy) is 1. The molecule has 3 aromatic heterocycles. The van der Waals surface area contributed by atoms with Crippen molar-refractivity contribution in [2.75, 3.05) is 26.0 Å². The molecule has 0 aliphatic rings. The van der Waals surface area contributed by atoms with Gasteiger partial charge in [0.25, 0.3) is 5.91 Å². The largest absolute Gasteiger partial charge is 0.385 e. The van der Waals surface area contributed by atoms with Crippen LogP contribution in [-0.4, -0.2) is 50.9 Å². The van der Waals surface area contributed by atoms with Crippen LogP contribution in [0.5, 0.6) is 0 Å². The third kappa shape index (κ3) is 4.36. The second-order valence-electron chi connectivity index (χ2n) is 7.04. The van der Waals surface area contributed by atoms with Crippen LogP contribution in [-0.2, 0) is 11.8 Å². The fourth-order valence-corrected chi connectivity index (χ4v) is 3.26.